The molecule has 0 spiro atoms. The summed E-state index contributed by atoms with van der Waals surface area (Å²) >= 11 is 0. The van der Waals surface area contributed by atoms with Crippen LogP contribution in [-0.4, -0.2) is 25.5 Å². The summed E-state index contributed by atoms with van der Waals surface area (Å²) < 4.78 is 28.2. The van der Waals surface area contributed by atoms with E-state index in [-0.39, 0.29) is 12.5 Å². The second kappa shape index (κ2) is 9.72. The highest BCUT2D eigenvalue weighted by Crippen LogP contribution is 2.46. The molecule has 0 saturated heterocycles. The van der Waals surface area contributed by atoms with Gasteiger partial charge in [0.15, 0.2) is 0 Å². The van der Waals surface area contributed by atoms with Gasteiger partial charge in [-0.15, -0.1) is 0 Å². The number of unbranched alkanes of at least 4 members (excludes halogenated alkanes) is 1. The number of sulfonamides is 1. The fraction of sp³-hybridized carbons (Fsp3) is 0.522. The Bertz CT molecular complexity index is 857. The Balaban J connectivity index is 1.59. The zero-order valence-corrected chi connectivity index (χ0v) is 17.8. The molecule has 3 fully saturated rings. The molecule has 6 heteroatoms. The molecular formula is C23H31NO4S. The Morgan fingerprint density at radius 3 is 2.66 bits per heavy atom. The van der Waals surface area contributed by atoms with E-state index in [4.69, 9.17) is 5.11 Å². The highest BCUT2D eigenvalue weighted by molar-refractivity contribution is 7.92. The first kappa shape index (κ1) is 21.8. The molecule has 3 aliphatic rings. The molecule has 29 heavy (non-hydrogen) atoms. The first-order valence-electron chi connectivity index (χ1n) is 10.5. The van der Waals surface area contributed by atoms with Gasteiger partial charge in [0.2, 0.25) is 10.0 Å². The Labute approximate surface area is 174 Å². The first-order chi connectivity index (χ1) is 13.8. The summed E-state index contributed by atoms with van der Waals surface area (Å²) in [6.45, 7) is 2.00. The monoisotopic (exact) mass is 417 g/mol. The van der Waals surface area contributed by atoms with E-state index in [0.29, 0.717) is 24.2 Å². The van der Waals surface area contributed by atoms with Crippen LogP contribution in [0.1, 0.15) is 56.1 Å². The van der Waals surface area contributed by atoms with Crippen molar-refractivity contribution in [2.75, 3.05) is 0 Å². The number of carboxylic acid groups (broad SMARTS) is 1. The summed E-state index contributed by atoms with van der Waals surface area (Å²) in [6, 6.07) is 7.73. The maximum Gasteiger partial charge on any atom is 0.303 e. The number of fused-ring (bicyclic) bond motifs is 3. The Kier molecular flexibility index (Phi) is 7.30. The Morgan fingerprint density at radius 2 is 1.97 bits per heavy atom. The third-order valence-electron chi connectivity index (χ3n) is 6.15. The number of hydrogen-bond acceptors (Lipinski definition) is 3. The van der Waals surface area contributed by atoms with E-state index < -0.39 is 16.0 Å². The van der Waals surface area contributed by atoms with Crippen molar-refractivity contribution < 1.29 is 18.3 Å². The summed E-state index contributed by atoms with van der Waals surface area (Å²) in [5.74, 6) is 0.491. The van der Waals surface area contributed by atoms with Crippen LogP contribution < -0.4 is 4.72 Å². The van der Waals surface area contributed by atoms with Crippen molar-refractivity contribution in [3.05, 3.63) is 53.0 Å². The minimum Gasteiger partial charge on any atom is -0.481 e. The van der Waals surface area contributed by atoms with Gasteiger partial charge in [0.05, 0.1) is 0 Å². The lowest BCUT2D eigenvalue weighted by Gasteiger charge is -2.46. The highest BCUT2D eigenvalue weighted by Gasteiger charge is 2.42. The van der Waals surface area contributed by atoms with Crippen LogP contribution in [0.15, 0.2) is 41.8 Å². The van der Waals surface area contributed by atoms with Gasteiger partial charge in [0.25, 0.3) is 0 Å². The van der Waals surface area contributed by atoms with Crippen molar-refractivity contribution >= 4 is 22.1 Å². The minimum atomic E-state index is -3.49. The molecule has 3 saturated carbocycles. The lowest BCUT2D eigenvalue weighted by Crippen LogP contribution is -2.49. The fourth-order valence-electron chi connectivity index (χ4n) is 4.66. The smallest absolute Gasteiger partial charge is 0.303 e. The Hall–Kier alpha value is -1.92. The van der Waals surface area contributed by atoms with Gasteiger partial charge in [-0.2, -0.15) is 0 Å². The molecule has 0 radical (unpaired) electrons. The minimum absolute atomic E-state index is 0.0242. The van der Waals surface area contributed by atoms with E-state index in [0.717, 1.165) is 36.8 Å². The number of carboxylic acids is 1. The van der Waals surface area contributed by atoms with Crippen molar-refractivity contribution in [1.82, 2.24) is 4.72 Å². The van der Waals surface area contributed by atoms with Crippen molar-refractivity contribution in [1.29, 1.82) is 0 Å². The van der Waals surface area contributed by atoms with E-state index in [9.17, 15) is 13.2 Å². The van der Waals surface area contributed by atoms with Crippen LogP contribution >= 0.6 is 0 Å². The fourth-order valence-corrected chi connectivity index (χ4v) is 5.77. The molecular weight excluding hydrogens is 386 g/mol. The van der Waals surface area contributed by atoms with Gasteiger partial charge >= 0.3 is 5.97 Å². The third kappa shape index (κ3) is 6.54. The van der Waals surface area contributed by atoms with Gasteiger partial charge in [-0.1, -0.05) is 48.4 Å². The van der Waals surface area contributed by atoms with E-state index in [1.165, 1.54) is 11.8 Å². The second-order valence-electron chi connectivity index (χ2n) is 8.44. The molecule has 0 amide bonds. The quantitative estimate of drug-likeness (QED) is 0.458. The molecule has 1 aromatic carbocycles. The van der Waals surface area contributed by atoms with Crippen LogP contribution in [0.3, 0.4) is 0 Å². The number of rotatable bonds is 9. The number of benzene rings is 1. The van der Waals surface area contributed by atoms with Gasteiger partial charge in [0.1, 0.15) is 0 Å². The van der Waals surface area contributed by atoms with E-state index >= 15 is 0 Å². The molecule has 2 bridgehead atoms. The normalized spacial score (nSPS) is 27.1. The molecule has 0 aromatic heterocycles. The summed E-state index contributed by atoms with van der Waals surface area (Å²) in [7, 11) is -3.49. The van der Waals surface area contributed by atoms with Crippen LogP contribution in [0, 0.1) is 24.7 Å². The summed E-state index contributed by atoms with van der Waals surface area (Å²) in [4.78, 5) is 10.6. The van der Waals surface area contributed by atoms with Crippen LogP contribution in [-0.2, 0) is 14.8 Å². The molecule has 4 atom stereocenters. The molecule has 5 nitrogen and oxygen atoms in total. The third-order valence-corrected chi connectivity index (χ3v) is 7.27. The van der Waals surface area contributed by atoms with Gasteiger partial charge in [0, 0.05) is 17.9 Å². The van der Waals surface area contributed by atoms with Crippen molar-refractivity contribution in [3.63, 3.8) is 0 Å². The van der Waals surface area contributed by atoms with Crippen LogP contribution in [0.2, 0.25) is 0 Å². The number of allylic oxidation sites excluding steroid dienone is 2. The van der Waals surface area contributed by atoms with Gasteiger partial charge in [-0.25, -0.2) is 13.1 Å². The summed E-state index contributed by atoms with van der Waals surface area (Å²) in [6.07, 6.45) is 11.7. The van der Waals surface area contributed by atoms with Crippen LogP contribution in [0.4, 0.5) is 0 Å². The lowest BCUT2D eigenvalue weighted by molar-refractivity contribution is -0.137. The second-order valence-corrected chi connectivity index (χ2v) is 10.0. The van der Waals surface area contributed by atoms with Gasteiger partial charge < -0.3 is 5.11 Å². The number of carbonyl (C=O) groups is 1. The molecule has 4 unspecified atom stereocenters. The number of hydrogen-bond donors (Lipinski definition) is 2. The van der Waals surface area contributed by atoms with Crippen LogP contribution in [0.5, 0.6) is 0 Å². The maximum atomic E-state index is 12.6. The molecule has 4 rings (SSSR count). The molecule has 0 heterocycles. The predicted molar refractivity (Wildman–Crippen MR) is 116 cm³/mol. The molecule has 158 valence electrons. The maximum absolute atomic E-state index is 12.6. The predicted octanol–water partition coefficient (Wildman–Crippen LogP) is 4.50. The lowest BCUT2D eigenvalue weighted by atomic mass is 9.62. The number of nitrogens with one attached hydrogen (secondary N) is 1. The molecule has 0 aliphatic heterocycles. The van der Waals surface area contributed by atoms with Crippen molar-refractivity contribution in [2.45, 2.75) is 57.9 Å². The van der Waals surface area contributed by atoms with Crippen LogP contribution in [0.25, 0.3) is 6.08 Å². The van der Waals surface area contributed by atoms with E-state index in [2.05, 4.69) is 16.9 Å². The van der Waals surface area contributed by atoms with Crippen molar-refractivity contribution in [3.8, 4) is 0 Å². The molecule has 3 aliphatic carbocycles. The SMILES string of the molecule is Cc1ccc(C=CS(=O)(=O)NC2CC3CCC2C(C=CCCCC(=O)O)C3)cc1. The zero-order valence-electron chi connectivity index (χ0n) is 17.0. The van der Waals surface area contributed by atoms with Crippen molar-refractivity contribution in [2.24, 2.45) is 17.8 Å². The Morgan fingerprint density at radius 1 is 1.21 bits per heavy atom. The molecule has 1 aromatic rings. The summed E-state index contributed by atoms with van der Waals surface area (Å²) in [5.41, 5.74) is 2.01. The zero-order chi connectivity index (χ0) is 20.9. The van der Waals surface area contributed by atoms with E-state index in [1.54, 1.807) is 6.08 Å². The average molecular weight is 418 g/mol. The number of aryl methyl sites for hydroxylation is 1. The first-order valence-corrected chi connectivity index (χ1v) is 12.0. The number of aliphatic carboxylic acids is 1. The summed E-state index contributed by atoms with van der Waals surface area (Å²) in [5, 5.41) is 10.00. The van der Waals surface area contributed by atoms with Gasteiger partial charge in [-0.05, 0) is 68.4 Å². The standard InChI is InChI=1S/C23H31NO4S/c1-17-7-9-18(10-8-17)13-14-29(27,28)24-22-16-19-11-12-21(22)20(15-19)5-3-2-4-6-23(25)26/h3,5,7-10,13-14,19-22,24H,2,4,6,11-12,15-16H2,1H3,(H,25,26). The highest BCUT2D eigenvalue weighted by atomic mass is 32.2. The largest absolute Gasteiger partial charge is 0.481 e. The average Bonchev–Trinajstić information content (AvgIpc) is 2.67. The topological polar surface area (TPSA) is 83.5 Å². The molecule has 2 N–H and O–H groups in total. The van der Waals surface area contributed by atoms with E-state index in [1.807, 2.05) is 31.2 Å². The van der Waals surface area contributed by atoms with Gasteiger partial charge in [-0.3, -0.25) is 4.79 Å².